The van der Waals surface area contributed by atoms with Gasteiger partial charge in [-0.25, -0.2) is 4.79 Å². The van der Waals surface area contributed by atoms with E-state index in [0.29, 0.717) is 13.0 Å². The molecular formula is C12H18O5. The first-order valence-corrected chi connectivity index (χ1v) is 5.84. The maximum absolute atomic E-state index is 11.4. The fourth-order valence-electron chi connectivity index (χ4n) is 2.31. The minimum Gasteiger partial charge on any atom is -0.463 e. The number of carbonyl (C=O) groups excluding carboxylic acids is 1. The summed E-state index contributed by atoms with van der Waals surface area (Å²) in [6.45, 7) is 5.67. The smallest absolute Gasteiger partial charge is 0.330 e. The number of fused-ring (bicyclic) bond motifs is 1. The molecule has 0 amide bonds. The van der Waals surface area contributed by atoms with Crippen LogP contribution in [0.1, 0.15) is 27.2 Å². The van der Waals surface area contributed by atoms with Crippen LogP contribution in [0.4, 0.5) is 0 Å². The number of hydrogen-bond acceptors (Lipinski definition) is 5. The van der Waals surface area contributed by atoms with Crippen LogP contribution in [0.3, 0.4) is 0 Å². The highest BCUT2D eigenvalue weighted by atomic mass is 16.8. The third-order valence-electron chi connectivity index (χ3n) is 2.91. The first-order chi connectivity index (χ1) is 7.93. The molecule has 17 heavy (non-hydrogen) atoms. The molecule has 1 heterocycles. The van der Waals surface area contributed by atoms with Crippen LogP contribution in [-0.2, 0) is 19.0 Å². The Balaban J connectivity index is 2.13. The SMILES string of the molecule is CCOC(=O)/C=C1\C[C@@H](O)[C@@H]2OC(C)(C)O[C@H]12. The van der Waals surface area contributed by atoms with Crippen molar-refractivity contribution in [2.45, 2.75) is 51.3 Å². The molecule has 0 spiro atoms. The number of aliphatic hydroxyl groups is 1. The van der Waals surface area contributed by atoms with Gasteiger partial charge in [0.05, 0.1) is 12.7 Å². The highest BCUT2D eigenvalue weighted by Crippen LogP contribution is 2.41. The highest BCUT2D eigenvalue weighted by molar-refractivity contribution is 5.83. The second-order valence-electron chi connectivity index (χ2n) is 4.76. The minimum atomic E-state index is -0.718. The number of esters is 1. The van der Waals surface area contributed by atoms with E-state index in [1.54, 1.807) is 20.8 Å². The predicted octanol–water partition coefficient (Wildman–Crippen LogP) is 0.761. The van der Waals surface area contributed by atoms with E-state index in [1.807, 2.05) is 0 Å². The molecule has 1 aliphatic carbocycles. The molecule has 0 bridgehead atoms. The molecule has 5 heteroatoms. The third kappa shape index (κ3) is 2.51. The molecule has 1 N–H and O–H groups in total. The fraction of sp³-hybridized carbons (Fsp3) is 0.750. The summed E-state index contributed by atoms with van der Waals surface area (Å²) in [5.41, 5.74) is 0.742. The number of carbonyl (C=O) groups is 1. The number of rotatable bonds is 2. The Morgan fingerprint density at radius 2 is 2.29 bits per heavy atom. The lowest BCUT2D eigenvalue weighted by atomic mass is 10.1. The Morgan fingerprint density at radius 3 is 2.94 bits per heavy atom. The van der Waals surface area contributed by atoms with E-state index >= 15 is 0 Å². The van der Waals surface area contributed by atoms with Crippen molar-refractivity contribution in [1.29, 1.82) is 0 Å². The zero-order chi connectivity index (χ0) is 12.6. The van der Waals surface area contributed by atoms with Crippen LogP contribution in [0.2, 0.25) is 0 Å². The van der Waals surface area contributed by atoms with E-state index in [0.717, 1.165) is 5.57 Å². The first-order valence-electron chi connectivity index (χ1n) is 5.84. The van der Waals surface area contributed by atoms with E-state index in [4.69, 9.17) is 14.2 Å². The van der Waals surface area contributed by atoms with Crippen molar-refractivity contribution in [2.75, 3.05) is 6.61 Å². The topological polar surface area (TPSA) is 65.0 Å². The van der Waals surface area contributed by atoms with Gasteiger partial charge in [0.1, 0.15) is 12.2 Å². The molecule has 1 saturated heterocycles. The van der Waals surface area contributed by atoms with Gasteiger partial charge in [-0.15, -0.1) is 0 Å². The molecule has 2 rings (SSSR count). The van der Waals surface area contributed by atoms with Gasteiger partial charge in [0.2, 0.25) is 0 Å². The van der Waals surface area contributed by atoms with Crippen LogP contribution in [0.15, 0.2) is 11.6 Å². The van der Waals surface area contributed by atoms with Crippen LogP contribution in [0.5, 0.6) is 0 Å². The summed E-state index contributed by atoms with van der Waals surface area (Å²) in [5.74, 6) is -1.12. The Morgan fingerprint density at radius 1 is 1.59 bits per heavy atom. The molecule has 0 aromatic heterocycles. The van der Waals surface area contributed by atoms with Crippen LogP contribution in [-0.4, -0.2) is 41.8 Å². The zero-order valence-electron chi connectivity index (χ0n) is 10.3. The summed E-state index contributed by atoms with van der Waals surface area (Å²) in [5, 5.41) is 9.85. The molecule has 96 valence electrons. The van der Waals surface area contributed by atoms with Gasteiger partial charge in [-0.3, -0.25) is 0 Å². The maximum Gasteiger partial charge on any atom is 0.330 e. The monoisotopic (exact) mass is 242 g/mol. The average Bonchev–Trinajstić information content (AvgIpc) is 2.65. The summed E-state index contributed by atoms with van der Waals surface area (Å²) in [7, 11) is 0. The fourth-order valence-corrected chi connectivity index (χ4v) is 2.31. The highest BCUT2D eigenvalue weighted by Gasteiger charge is 2.51. The summed E-state index contributed by atoms with van der Waals surface area (Å²) >= 11 is 0. The van der Waals surface area contributed by atoms with Crippen molar-refractivity contribution >= 4 is 5.97 Å². The second-order valence-corrected chi connectivity index (χ2v) is 4.76. The summed E-state index contributed by atoms with van der Waals surface area (Å²) in [4.78, 5) is 11.4. The van der Waals surface area contributed by atoms with Gasteiger partial charge in [-0.05, 0) is 26.3 Å². The van der Waals surface area contributed by atoms with Gasteiger partial charge in [-0.2, -0.15) is 0 Å². The quantitative estimate of drug-likeness (QED) is 0.572. The Kier molecular flexibility index (Phi) is 3.25. The van der Waals surface area contributed by atoms with Gasteiger partial charge in [-0.1, -0.05) is 0 Å². The van der Waals surface area contributed by atoms with Crippen molar-refractivity contribution in [3.63, 3.8) is 0 Å². The lowest BCUT2D eigenvalue weighted by molar-refractivity contribution is -0.157. The van der Waals surface area contributed by atoms with Crippen LogP contribution >= 0.6 is 0 Å². The predicted molar refractivity (Wildman–Crippen MR) is 59.2 cm³/mol. The van der Waals surface area contributed by atoms with Crippen molar-refractivity contribution in [3.05, 3.63) is 11.6 Å². The molecular weight excluding hydrogens is 224 g/mol. The van der Waals surface area contributed by atoms with Crippen LogP contribution in [0, 0.1) is 0 Å². The molecule has 1 saturated carbocycles. The molecule has 3 atom stereocenters. The molecule has 0 aromatic rings. The molecule has 0 radical (unpaired) electrons. The van der Waals surface area contributed by atoms with E-state index in [2.05, 4.69) is 0 Å². The zero-order valence-corrected chi connectivity index (χ0v) is 10.3. The summed E-state index contributed by atoms with van der Waals surface area (Å²) in [6.07, 6.45) is 0.448. The molecule has 2 fully saturated rings. The standard InChI is InChI=1S/C12H18O5/c1-4-15-9(14)6-7-5-8(13)11-10(7)16-12(2,3)17-11/h6,8,10-11,13H,4-5H2,1-3H3/b7-6+/t8-,10-,11+/m1/s1. The van der Waals surface area contributed by atoms with Gasteiger partial charge in [0.15, 0.2) is 5.79 Å². The molecule has 1 aliphatic heterocycles. The van der Waals surface area contributed by atoms with Crippen molar-refractivity contribution in [3.8, 4) is 0 Å². The minimum absolute atomic E-state index is 0.335. The first kappa shape index (κ1) is 12.5. The van der Waals surface area contributed by atoms with Gasteiger partial charge < -0.3 is 19.3 Å². The molecule has 5 nitrogen and oxygen atoms in total. The Bertz CT molecular complexity index is 347. The van der Waals surface area contributed by atoms with Gasteiger partial charge in [0.25, 0.3) is 0 Å². The van der Waals surface area contributed by atoms with E-state index in [-0.39, 0.29) is 12.2 Å². The van der Waals surface area contributed by atoms with Gasteiger partial charge in [0, 0.05) is 12.5 Å². The summed E-state index contributed by atoms with van der Waals surface area (Å²) < 4.78 is 16.1. The van der Waals surface area contributed by atoms with Crippen LogP contribution < -0.4 is 0 Å². The third-order valence-corrected chi connectivity index (χ3v) is 2.91. The van der Waals surface area contributed by atoms with E-state index in [9.17, 15) is 9.90 Å². The van der Waals surface area contributed by atoms with E-state index < -0.39 is 17.9 Å². The maximum atomic E-state index is 11.4. The molecule has 0 aromatic carbocycles. The van der Waals surface area contributed by atoms with Crippen LogP contribution in [0.25, 0.3) is 0 Å². The van der Waals surface area contributed by atoms with Crippen molar-refractivity contribution in [2.24, 2.45) is 0 Å². The molecule has 2 aliphatic rings. The second kappa shape index (κ2) is 4.40. The number of ether oxygens (including phenoxy) is 3. The largest absolute Gasteiger partial charge is 0.463 e. The lowest BCUT2D eigenvalue weighted by Gasteiger charge is -2.19. The lowest BCUT2D eigenvalue weighted by Crippen LogP contribution is -2.28. The Labute approximate surface area is 100 Å². The summed E-state index contributed by atoms with van der Waals surface area (Å²) in [6, 6.07) is 0. The Hall–Kier alpha value is -0.910. The number of hydrogen-bond donors (Lipinski definition) is 1. The van der Waals surface area contributed by atoms with E-state index in [1.165, 1.54) is 6.08 Å². The van der Waals surface area contributed by atoms with Crippen molar-refractivity contribution < 1.29 is 24.1 Å². The number of aliphatic hydroxyl groups excluding tert-OH is 1. The normalized spacial score (nSPS) is 37.2. The molecule has 0 unspecified atom stereocenters. The van der Waals surface area contributed by atoms with Crippen molar-refractivity contribution in [1.82, 2.24) is 0 Å². The van der Waals surface area contributed by atoms with Gasteiger partial charge >= 0.3 is 5.97 Å². The average molecular weight is 242 g/mol.